The molecule has 2 heterocycles. The summed E-state index contributed by atoms with van der Waals surface area (Å²) in [5.74, 6) is -0.488. The highest BCUT2D eigenvalue weighted by atomic mass is 16.4. The molecule has 0 fully saturated rings. The van der Waals surface area contributed by atoms with Gasteiger partial charge < -0.3 is 4.42 Å². The normalized spacial score (nSPS) is 12.1. The number of aromatic nitrogens is 4. The zero-order chi connectivity index (χ0) is 16.5. The van der Waals surface area contributed by atoms with E-state index in [1.165, 1.54) is 6.33 Å². The van der Waals surface area contributed by atoms with Gasteiger partial charge in [0.25, 0.3) is 0 Å². The maximum atomic E-state index is 11.4. The van der Waals surface area contributed by atoms with E-state index in [0.29, 0.717) is 16.7 Å². The van der Waals surface area contributed by atoms with Gasteiger partial charge in [-0.05, 0) is 35.4 Å². The number of aromatic amines is 1. The van der Waals surface area contributed by atoms with E-state index >= 15 is 0 Å². The Balaban J connectivity index is 1.87. The molecule has 0 saturated carbocycles. The summed E-state index contributed by atoms with van der Waals surface area (Å²) in [7, 11) is 0. The molecule has 1 unspecified atom stereocenters. The molecule has 4 aromatic rings. The van der Waals surface area contributed by atoms with E-state index in [1.54, 1.807) is 35.3 Å². The second kappa shape index (κ2) is 5.52. The van der Waals surface area contributed by atoms with Crippen molar-refractivity contribution in [2.75, 3.05) is 0 Å². The summed E-state index contributed by atoms with van der Waals surface area (Å²) in [5.41, 5.74) is 3.54. The Labute approximate surface area is 135 Å². The standard InChI is InChI=1S/C17H11N5O2/c18-8-11-1-3-12(4-2-11)16(22-10-19-9-20-22)13-5-6-14-15(7-13)24-17(23)21-14/h1-7,9-10,16H,(H,21,23). The summed E-state index contributed by atoms with van der Waals surface area (Å²) < 4.78 is 6.86. The lowest BCUT2D eigenvalue weighted by atomic mass is 9.97. The van der Waals surface area contributed by atoms with Gasteiger partial charge in [0.1, 0.15) is 18.7 Å². The van der Waals surface area contributed by atoms with Gasteiger partial charge >= 0.3 is 5.76 Å². The first kappa shape index (κ1) is 14.0. The van der Waals surface area contributed by atoms with Gasteiger partial charge in [0.2, 0.25) is 0 Å². The van der Waals surface area contributed by atoms with Crippen LogP contribution in [-0.4, -0.2) is 19.7 Å². The lowest BCUT2D eigenvalue weighted by Crippen LogP contribution is -2.13. The van der Waals surface area contributed by atoms with Crippen molar-refractivity contribution in [3.05, 3.63) is 82.4 Å². The van der Waals surface area contributed by atoms with Gasteiger partial charge in [-0.15, -0.1) is 0 Å². The van der Waals surface area contributed by atoms with Gasteiger partial charge in [0.05, 0.1) is 17.1 Å². The number of nitriles is 1. The predicted octanol–water partition coefficient (Wildman–Crippen LogP) is 2.22. The molecule has 0 aliphatic carbocycles. The van der Waals surface area contributed by atoms with Crippen molar-refractivity contribution in [2.24, 2.45) is 0 Å². The zero-order valence-corrected chi connectivity index (χ0v) is 12.4. The lowest BCUT2D eigenvalue weighted by Gasteiger charge is -2.18. The summed E-state index contributed by atoms with van der Waals surface area (Å²) in [6, 6.07) is 14.6. The molecule has 7 heteroatoms. The molecule has 0 amide bonds. The first-order valence-corrected chi connectivity index (χ1v) is 7.21. The third-order valence-corrected chi connectivity index (χ3v) is 3.82. The first-order valence-electron chi connectivity index (χ1n) is 7.21. The van der Waals surface area contributed by atoms with E-state index in [4.69, 9.17) is 9.68 Å². The van der Waals surface area contributed by atoms with E-state index in [0.717, 1.165) is 11.1 Å². The quantitative estimate of drug-likeness (QED) is 0.624. The average molecular weight is 317 g/mol. The van der Waals surface area contributed by atoms with Gasteiger partial charge in [-0.25, -0.2) is 14.5 Å². The molecule has 7 nitrogen and oxygen atoms in total. The van der Waals surface area contributed by atoms with Gasteiger partial charge in [-0.2, -0.15) is 10.4 Å². The van der Waals surface area contributed by atoms with Crippen LogP contribution in [0.15, 0.2) is 64.3 Å². The molecule has 0 bridgehead atoms. The van der Waals surface area contributed by atoms with Gasteiger partial charge in [-0.3, -0.25) is 4.98 Å². The fourth-order valence-corrected chi connectivity index (χ4v) is 2.72. The zero-order valence-electron chi connectivity index (χ0n) is 12.4. The Hall–Kier alpha value is -3.66. The van der Waals surface area contributed by atoms with Crippen molar-refractivity contribution in [3.63, 3.8) is 0 Å². The van der Waals surface area contributed by atoms with E-state index in [1.807, 2.05) is 18.2 Å². The largest absolute Gasteiger partial charge is 0.417 e. The minimum atomic E-state index is -0.488. The van der Waals surface area contributed by atoms with Crippen LogP contribution in [0, 0.1) is 11.3 Å². The Kier molecular flexibility index (Phi) is 3.21. The van der Waals surface area contributed by atoms with E-state index in [2.05, 4.69) is 21.1 Å². The van der Waals surface area contributed by atoms with Gasteiger partial charge in [0.15, 0.2) is 5.58 Å². The van der Waals surface area contributed by atoms with Crippen LogP contribution in [0.1, 0.15) is 22.7 Å². The molecule has 2 aromatic carbocycles. The van der Waals surface area contributed by atoms with Crippen molar-refractivity contribution in [1.29, 1.82) is 5.26 Å². The van der Waals surface area contributed by atoms with Crippen LogP contribution in [0.2, 0.25) is 0 Å². The molecule has 24 heavy (non-hydrogen) atoms. The summed E-state index contributed by atoms with van der Waals surface area (Å²) >= 11 is 0. The SMILES string of the molecule is N#Cc1ccc(C(c2ccc3[nH]c(=O)oc3c2)n2cncn2)cc1. The monoisotopic (exact) mass is 317 g/mol. The number of H-pyrrole nitrogens is 1. The second-order valence-corrected chi connectivity index (χ2v) is 5.28. The summed E-state index contributed by atoms with van der Waals surface area (Å²) in [4.78, 5) is 18.0. The minimum Gasteiger partial charge on any atom is -0.408 e. The van der Waals surface area contributed by atoms with Crippen LogP contribution in [0.5, 0.6) is 0 Å². The third kappa shape index (κ3) is 2.36. The van der Waals surface area contributed by atoms with Crippen LogP contribution in [0.3, 0.4) is 0 Å². The van der Waals surface area contributed by atoms with Crippen molar-refractivity contribution in [2.45, 2.75) is 6.04 Å². The fraction of sp³-hybridized carbons (Fsp3) is 0.0588. The first-order chi connectivity index (χ1) is 11.7. The minimum absolute atomic E-state index is 0.246. The fourth-order valence-electron chi connectivity index (χ4n) is 2.72. The maximum Gasteiger partial charge on any atom is 0.417 e. The predicted molar refractivity (Wildman–Crippen MR) is 85.3 cm³/mol. The topological polar surface area (TPSA) is 100 Å². The number of hydrogen-bond donors (Lipinski definition) is 1. The molecule has 0 saturated heterocycles. The third-order valence-electron chi connectivity index (χ3n) is 3.82. The smallest absolute Gasteiger partial charge is 0.408 e. The summed E-state index contributed by atoms with van der Waals surface area (Å²) in [6.45, 7) is 0. The Bertz CT molecular complexity index is 1080. The van der Waals surface area contributed by atoms with Crippen LogP contribution < -0.4 is 5.76 Å². The highest BCUT2D eigenvalue weighted by Gasteiger charge is 2.18. The second-order valence-electron chi connectivity index (χ2n) is 5.28. The van der Waals surface area contributed by atoms with Crippen LogP contribution in [0.4, 0.5) is 0 Å². The number of benzene rings is 2. The molecule has 0 aliphatic rings. The molecule has 1 N–H and O–H groups in total. The van der Waals surface area contributed by atoms with Crippen LogP contribution in [0.25, 0.3) is 11.1 Å². The summed E-state index contributed by atoms with van der Waals surface area (Å²) in [6.07, 6.45) is 3.09. The number of nitrogens with zero attached hydrogens (tertiary/aromatic N) is 4. The van der Waals surface area contributed by atoms with Crippen LogP contribution in [-0.2, 0) is 0 Å². The molecule has 116 valence electrons. The van der Waals surface area contributed by atoms with Gasteiger partial charge in [-0.1, -0.05) is 18.2 Å². The Morgan fingerprint density at radius 3 is 2.67 bits per heavy atom. The van der Waals surface area contributed by atoms with Crippen molar-refractivity contribution in [1.82, 2.24) is 19.7 Å². The Morgan fingerprint density at radius 2 is 1.96 bits per heavy atom. The number of rotatable bonds is 3. The highest BCUT2D eigenvalue weighted by Crippen LogP contribution is 2.28. The molecule has 4 rings (SSSR count). The van der Waals surface area contributed by atoms with Crippen LogP contribution >= 0.6 is 0 Å². The molecule has 2 aromatic heterocycles. The van der Waals surface area contributed by atoms with Crippen molar-refractivity contribution < 1.29 is 4.42 Å². The maximum absolute atomic E-state index is 11.4. The summed E-state index contributed by atoms with van der Waals surface area (Å²) in [5, 5.41) is 13.2. The highest BCUT2D eigenvalue weighted by molar-refractivity contribution is 5.73. The molecule has 0 spiro atoms. The molecule has 1 atom stereocenters. The van der Waals surface area contributed by atoms with Gasteiger partial charge in [0, 0.05) is 0 Å². The number of nitrogens with one attached hydrogen (secondary N) is 1. The molecular formula is C17H11N5O2. The lowest BCUT2D eigenvalue weighted by molar-refractivity contribution is 0.552. The van der Waals surface area contributed by atoms with E-state index < -0.39 is 5.76 Å². The number of oxazole rings is 1. The van der Waals surface area contributed by atoms with Crippen molar-refractivity contribution >= 4 is 11.1 Å². The van der Waals surface area contributed by atoms with E-state index in [9.17, 15) is 4.79 Å². The average Bonchev–Trinajstić information content (AvgIpc) is 3.24. The van der Waals surface area contributed by atoms with E-state index in [-0.39, 0.29) is 6.04 Å². The number of hydrogen-bond acceptors (Lipinski definition) is 5. The van der Waals surface area contributed by atoms with Crippen molar-refractivity contribution in [3.8, 4) is 6.07 Å². The molecule has 0 radical (unpaired) electrons. The molecule has 0 aliphatic heterocycles. The Morgan fingerprint density at radius 1 is 1.17 bits per heavy atom. The number of fused-ring (bicyclic) bond motifs is 1. The molecular weight excluding hydrogens is 306 g/mol.